The average molecular weight is 281 g/mol. The highest BCUT2D eigenvalue weighted by Crippen LogP contribution is 2.32. The maximum Gasteiger partial charge on any atom is 0.240 e. The van der Waals surface area contributed by atoms with Gasteiger partial charge in [0.2, 0.25) is 10.0 Å². The van der Waals surface area contributed by atoms with Gasteiger partial charge in [-0.1, -0.05) is 0 Å². The van der Waals surface area contributed by atoms with Gasteiger partial charge in [-0.3, -0.25) is 0 Å². The predicted molar refractivity (Wildman–Crippen MR) is 70.7 cm³/mol. The average Bonchev–Trinajstić information content (AvgIpc) is 2.43. The van der Waals surface area contributed by atoms with Gasteiger partial charge in [0, 0.05) is 19.0 Å². The molecule has 0 spiro atoms. The van der Waals surface area contributed by atoms with Crippen LogP contribution < -0.4 is 14.2 Å². The van der Waals surface area contributed by atoms with E-state index in [4.69, 9.17) is 9.47 Å². The summed E-state index contributed by atoms with van der Waals surface area (Å²) in [4.78, 5) is 0.168. The van der Waals surface area contributed by atoms with E-state index in [1.807, 2.05) is 0 Å². The molecule has 0 saturated heterocycles. The smallest absolute Gasteiger partial charge is 0.240 e. The molecule has 0 amide bonds. The largest absolute Gasteiger partial charge is 0.486 e. The van der Waals surface area contributed by atoms with Crippen LogP contribution >= 0.6 is 0 Å². The highest BCUT2D eigenvalue weighted by Gasteiger charge is 2.18. The first-order valence-corrected chi connectivity index (χ1v) is 7.41. The lowest BCUT2D eigenvalue weighted by molar-refractivity contribution is 0.171. The first-order valence-electron chi connectivity index (χ1n) is 5.92. The van der Waals surface area contributed by atoms with Crippen molar-refractivity contribution in [2.24, 2.45) is 0 Å². The second-order valence-electron chi connectivity index (χ2n) is 3.88. The third-order valence-electron chi connectivity index (χ3n) is 2.54. The number of rotatable bonds is 4. The topological polar surface area (TPSA) is 64.6 Å². The highest BCUT2D eigenvalue weighted by molar-refractivity contribution is 7.89. The number of hydrogen-bond donors (Lipinski definition) is 1. The zero-order chi connectivity index (χ0) is 13.7. The summed E-state index contributed by atoms with van der Waals surface area (Å²) in [6, 6.07) is 4.58. The molecule has 1 aromatic carbocycles. The van der Waals surface area contributed by atoms with E-state index in [-0.39, 0.29) is 11.4 Å². The van der Waals surface area contributed by atoms with Crippen LogP contribution in [0.1, 0.15) is 13.3 Å². The minimum atomic E-state index is -3.53. The van der Waals surface area contributed by atoms with E-state index < -0.39 is 10.0 Å². The molecule has 0 atom stereocenters. The van der Waals surface area contributed by atoms with Crippen LogP contribution in [0.4, 0.5) is 0 Å². The van der Waals surface area contributed by atoms with E-state index in [0.29, 0.717) is 31.1 Å². The molecule has 1 heterocycles. The Balaban J connectivity index is 2.13. The van der Waals surface area contributed by atoms with Crippen LogP contribution in [0.25, 0.3) is 0 Å². The molecule has 0 aliphatic carbocycles. The van der Waals surface area contributed by atoms with Gasteiger partial charge in [0.05, 0.1) is 4.90 Å². The highest BCUT2D eigenvalue weighted by atomic mass is 32.2. The van der Waals surface area contributed by atoms with Crippen LogP contribution in [0, 0.1) is 11.8 Å². The summed E-state index contributed by atoms with van der Waals surface area (Å²) in [7, 11) is -3.53. The summed E-state index contributed by atoms with van der Waals surface area (Å²) in [6.07, 6.45) is 0.486. The molecule has 1 aliphatic heterocycles. The first-order chi connectivity index (χ1) is 9.13. The molecule has 0 radical (unpaired) electrons. The van der Waals surface area contributed by atoms with E-state index in [2.05, 4.69) is 16.6 Å². The Hall–Kier alpha value is -1.71. The van der Waals surface area contributed by atoms with Crippen LogP contribution in [0.2, 0.25) is 0 Å². The van der Waals surface area contributed by atoms with E-state index in [9.17, 15) is 8.42 Å². The third-order valence-corrected chi connectivity index (χ3v) is 4.00. The Morgan fingerprint density at radius 2 is 2.00 bits per heavy atom. The van der Waals surface area contributed by atoms with E-state index in [1.54, 1.807) is 13.0 Å². The van der Waals surface area contributed by atoms with Gasteiger partial charge in [-0.05, 0) is 19.1 Å². The van der Waals surface area contributed by atoms with Crippen molar-refractivity contribution in [3.8, 4) is 23.3 Å². The van der Waals surface area contributed by atoms with Crippen molar-refractivity contribution in [2.45, 2.75) is 18.2 Å². The molecule has 0 unspecified atom stereocenters. The van der Waals surface area contributed by atoms with Gasteiger partial charge >= 0.3 is 0 Å². The van der Waals surface area contributed by atoms with Crippen LogP contribution in [-0.4, -0.2) is 28.2 Å². The number of sulfonamides is 1. The molecule has 0 fully saturated rings. The molecule has 19 heavy (non-hydrogen) atoms. The van der Waals surface area contributed by atoms with Crippen molar-refractivity contribution >= 4 is 10.0 Å². The Kier molecular flexibility index (Phi) is 4.30. The van der Waals surface area contributed by atoms with Crippen LogP contribution in [0.5, 0.6) is 11.5 Å². The van der Waals surface area contributed by atoms with Crippen molar-refractivity contribution in [1.29, 1.82) is 0 Å². The summed E-state index contributed by atoms with van der Waals surface area (Å²) in [5, 5.41) is 0. The molecule has 5 nitrogen and oxygen atoms in total. The normalized spacial score (nSPS) is 13.5. The standard InChI is InChI=1S/C13H15NO4S/c1-2-3-4-7-14-19(15,16)11-5-6-12-13(10-11)18-9-8-17-12/h5-6,10,14H,4,7-9H2,1H3. The van der Waals surface area contributed by atoms with Gasteiger partial charge in [-0.2, -0.15) is 0 Å². The van der Waals surface area contributed by atoms with Gasteiger partial charge in [0.1, 0.15) is 13.2 Å². The number of nitrogens with one attached hydrogen (secondary N) is 1. The maximum absolute atomic E-state index is 12.0. The number of hydrogen-bond acceptors (Lipinski definition) is 4. The summed E-state index contributed by atoms with van der Waals surface area (Å²) in [5.41, 5.74) is 0. The molecular weight excluding hydrogens is 266 g/mol. The molecule has 0 aromatic heterocycles. The van der Waals surface area contributed by atoms with Crippen LogP contribution in [-0.2, 0) is 10.0 Å². The molecule has 2 rings (SSSR count). The van der Waals surface area contributed by atoms with Gasteiger partial charge < -0.3 is 9.47 Å². The molecule has 0 bridgehead atoms. The van der Waals surface area contributed by atoms with Crippen molar-refractivity contribution in [3.63, 3.8) is 0 Å². The Bertz CT molecular complexity index is 613. The van der Waals surface area contributed by atoms with Crippen molar-refractivity contribution in [3.05, 3.63) is 18.2 Å². The Morgan fingerprint density at radius 1 is 1.26 bits per heavy atom. The summed E-state index contributed by atoms with van der Waals surface area (Å²) >= 11 is 0. The molecule has 6 heteroatoms. The predicted octanol–water partition coefficient (Wildman–Crippen LogP) is 1.15. The summed E-state index contributed by atoms with van der Waals surface area (Å²) < 4.78 is 37.2. The quantitative estimate of drug-likeness (QED) is 0.664. The number of fused-ring (bicyclic) bond motifs is 1. The zero-order valence-electron chi connectivity index (χ0n) is 10.6. The molecule has 1 aliphatic rings. The fourth-order valence-electron chi connectivity index (χ4n) is 1.65. The fourth-order valence-corrected chi connectivity index (χ4v) is 2.69. The molecule has 1 N–H and O–H groups in total. The van der Waals surface area contributed by atoms with Crippen molar-refractivity contribution in [2.75, 3.05) is 19.8 Å². The minimum Gasteiger partial charge on any atom is -0.486 e. The van der Waals surface area contributed by atoms with E-state index >= 15 is 0 Å². The second kappa shape index (κ2) is 5.95. The van der Waals surface area contributed by atoms with Crippen LogP contribution in [0.15, 0.2) is 23.1 Å². The van der Waals surface area contributed by atoms with Gasteiger partial charge in [-0.25, -0.2) is 13.1 Å². The second-order valence-corrected chi connectivity index (χ2v) is 5.65. The Morgan fingerprint density at radius 3 is 2.74 bits per heavy atom. The van der Waals surface area contributed by atoms with Crippen molar-refractivity contribution in [1.82, 2.24) is 4.72 Å². The zero-order valence-corrected chi connectivity index (χ0v) is 11.4. The van der Waals surface area contributed by atoms with E-state index in [1.165, 1.54) is 12.1 Å². The molecule has 0 saturated carbocycles. The summed E-state index contributed by atoms with van der Waals surface area (Å²) in [6.45, 7) is 2.91. The van der Waals surface area contributed by atoms with Crippen molar-refractivity contribution < 1.29 is 17.9 Å². The lowest BCUT2D eigenvalue weighted by Crippen LogP contribution is -2.25. The van der Waals surface area contributed by atoms with Crippen LogP contribution in [0.3, 0.4) is 0 Å². The monoisotopic (exact) mass is 281 g/mol. The van der Waals surface area contributed by atoms with Gasteiger partial charge in [0.15, 0.2) is 11.5 Å². The fraction of sp³-hybridized carbons (Fsp3) is 0.385. The third kappa shape index (κ3) is 3.40. The molecule has 102 valence electrons. The lowest BCUT2D eigenvalue weighted by atomic mass is 10.3. The summed E-state index contributed by atoms with van der Waals surface area (Å²) in [5.74, 6) is 6.55. The molecule has 1 aromatic rings. The lowest BCUT2D eigenvalue weighted by Gasteiger charge is -2.18. The van der Waals surface area contributed by atoms with E-state index in [0.717, 1.165) is 0 Å². The maximum atomic E-state index is 12.0. The first kappa shape index (κ1) is 13.7. The van der Waals surface area contributed by atoms with Gasteiger partial charge in [0.25, 0.3) is 0 Å². The number of ether oxygens (including phenoxy) is 2. The SMILES string of the molecule is CC#CCCNS(=O)(=O)c1ccc2c(c1)OCCO2. The van der Waals surface area contributed by atoms with Gasteiger partial charge in [-0.15, -0.1) is 11.8 Å². The Labute approximate surface area is 113 Å². The number of benzene rings is 1. The molecular formula is C13H15NO4S. The minimum absolute atomic E-state index is 0.168.